The van der Waals surface area contributed by atoms with E-state index in [9.17, 15) is 14.7 Å². The van der Waals surface area contributed by atoms with Gasteiger partial charge in [-0.1, -0.05) is 0 Å². The van der Waals surface area contributed by atoms with Crippen molar-refractivity contribution in [2.75, 3.05) is 31.6 Å². The van der Waals surface area contributed by atoms with Gasteiger partial charge in [-0.05, 0) is 45.9 Å². The van der Waals surface area contributed by atoms with Gasteiger partial charge >= 0.3 is 12.1 Å². The summed E-state index contributed by atoms with van der Waals surface area (Å²) in [7, 11) is 1.45. The first-order chi connectivity index (χ1) is 11.6. The number of hydrogen-bond donors (Lipinski definition) is 1. The molecule has 1 aliphatic rings. The largest absolute Gasteiger partial charge is 0.496 e. The van der Waals surface area contributed by atoms with Crippen molar-refractivity contribution in [3.8, 4) is 5.75 Å². The van der Waals surface area contributed by atoms with E-state index in [2.05, 4.69) is 4.90 Å². The molecule has 0 saturated carbocycles. The van der Waals surface area contributed by atoms with Crippen molar-refractivity contribution < 1.29 is 24.2 Å². The van der Waals surface area contributed by atoms with Gasteiger partial charge in [0.2, 0.25) is 0 Å². The topological polar surface area (TPSA) is 79.3 Å². The van der Waals surface area contributed by atoms with Crippen LogP contribution in [0, 0.1) is 0 Å². The van der Waals surface area contributed by atoms with Gasteiger partial charge in [0, 0.05) is 31.4 Å². The number of hydrogen-bond acceptors (Lipinski definition) is 5. The number of amides is 1. The fraction of sp³-hybridized carbons (Fsp3) is 0.556. The first kappa shape index (κ1) is 18.9. The Morgan fingerprint density at radius 1 is 1.24 bits per heavy atom. The quantitative estimate of drug-likeness (QED) is 0.903. The molecule has 138 valence electrons. The molecule has 7 nitrogen and oxygen atoms in total. The van der Waals surface area contributed by atoms with E-state index in [4.69, 9.17) is 9.47 Å². The smallest absolute Gasteiger partial charge is 0.410 e. The molecule has 1 saturated heterocycles. The summed E-state index contributed by atoms with van der Waals surface area (Å²) in [6, 6.07) is 5.06. The molecule has 1 atom stereocenters. The lowest BCUT2D eigenvalue weighted by Crippen LogP contribution is -2.55. The van der Waals surface area contributed by atoms with Gasteiger partial charge in [-0.2, -0.15) is 0 Å². The van der Waals surface area contributed by atoms with Gasteiger partial charge in [-0.15, -0.1) is 0 Å². The minimum Gasteiger partial charge on any atom is -0.496 e. The molecule has 1 amide bonds. The highest BCUT2D eigenvalue weighted by atomic mass is 16.6. The maximum Gasteiger partial charge on any atom is 0.410 e. The Hall–Kier alpha value is -2.44. The molecule has 0 unspecified atom stereocenters. The molecule has 0 radical (unpaired) electrons. The lowest BCUT2D eigenvalue weighted by atomic mass is 10.1. The first-order valence-corrected chi connectivity index (χ1v) is 8.28. The van der Waals surface area contributed by atoms with Crippen LogP contribution in [0.1, 0.15) is 38.1 Å². The van der Waals surface area contributed by atoms with E-state index in [1.165, 1.54) is 7.11 Å². The van der Waals surface area contributed by atoms with Crippen LogP contribution in [0.15, 0.2) is 18.2 Å². The maximum absolute atomic E-state index is 12.3. The van der Waals surface area contributed by atoms with Crippen LogP contribution in [-0.2, 0) is 4.74 Å². The van der Waals surface area contributed by atoms with Gasteiger partial charge in [-0.3, -0.25) is 0 Å². The summed E-state index contributed by atoms with van der Waals surface area (Å²) in [6.45, 7) is 9.21. The standard InChI is InChI=1S/C18H26N2O5/c1-12-11-19(8-9-20(12)17(23)25-18(2,3)4)13-6-7-15(24-5)14(10-13)16(21)22/h6-7,10,12H,8-9,11H2,1-5H3,(H,21,22)/t12-/m0/s1. The van der Waals surface area contributed by atoms with Crippen molar-refractivity contribution in [1.29, 1.82) is 0 Å². The predicted octanol–water partition coefficient (Wildman–Crippen LogP) is 2.84. The Bertz CT molecular complexity index is 653. The summed E-state index contributed by atoms with van der Waals surface area (Å²) < 4.78 is 10.5. The van der Waals surface area contributed by atoms with Crippen LogP contribution in [0.25, 0.3) is 0 Å². The summed E-state index contributed by atoms with van der Waals surface area (Å²) in [4.78, 5) is 27.5. The monoisotopic (exact) mass is 350 g/mol. The molecule has 1 aromatic carbocycles. The minimum absolute atomic E-state index is 0.0426. The van der Waals surface area contributed by atoms with Crippen LogP contribution in [0.2, 0.25) is 0 Å². The van der Waals surface area contributed by atoms with E-state index >= 15 is 0 Å². The Kier molecular flexibility index (Phi) is 5.45. The highest BCUT2D eigenvalue weighted by Crippen LogP contribution is 2.27. The van der Waals surface area contributed by atoms with Gasteiger partial charge in [0.15, 0.2) is 0 Å². The molecule has 7 heteroatoms. The zero-order valence-electron chi connectivity index (χ0n) is 15.4. The summed E-state index contributed by atoms with van der Waals surface area (Å²) in [5.41, 5.74) is 0.399. The van der Waals surface area contributed by atoms with Crippen LogP contribution in [0.4, 0.5) is 10.5 Å². The van der Waals surface area contributed by atoms with E-state index in [1.54, 1.807) is 17.0 Å². The highest BCUT2D eigenvalue weighted by Gasteiger charge is 2.31. The van der Waals surface area contributed by atoms with Gasteiger partial charge < -0.3 is 24.4 Å². The van der Waals surface area contributed by atoms with E-state index in [-0.39, 0.29) is 17.7 Å². The van der Waals surface area contributed by atoms with Crippen molar-refractivity contribution in [2.45, 2.75) is 39.3 Å². The number of piperazine rings is 1. The Morgan fingerprint density at radius 2 is 1.92 bits per heavy atom. The number of carbonyl (C=O) groups excluding carboxylic acids is 1. The second kappa shape index (κ2) is 7.21. The van der Waals surface area contributed by atoms with Gasteiger partial charge in [0.05, 0.1) is 7.11 Å². The number of benzene rings is 1. The second-order valence-corrected chi connectivity index (χ2v) is 7.16. The fourth-order valence-corrected chi connectivity index (χ4v) is 2.84. The number of anilines is 1. The molecule has 2 rings (SSSR count). The third kappa shape index (κ3) is 4.55. The number of aromatic carboxylic acids is 1. The molecule has 1 fully saturated rings. The predicted molar refractivity (Wildman–Crippen MR) is 94.6 cm³/mol. The Balaban J connectivity index is 2.12. The van der Waals surface area contributed by atoms with Crippen LogP contribution < -0.4 is 9.64 Å². The van der Waals surface area contributed by atoms with Crippen LogP contribution in [0.5, 0.6) is 5.75 Å². The maximum atomic E-state index is 12.3. The second-order valence-electron chi connectivity index (χ2n) is 7.16. The molecule has 0 aromatic heterocycles. The first-order valence-electron chi connectivity index (χ1n) is 8.28. The molecule has 1 heterocycles. The number of carboxylic acid groups (broad SMARTS) is 1. The van der Waals surface area contributed by atoms with Crippen molar-refractivity contribution in [1.82, 2.24) is 4.90 Å². The van der Waals surface area contributed by atoms with Gasteiger partial charge in [-0.25, -0.2) is 9.59 Å². The normalized spacial score (nSPS) is 18.0. The molecule has 25 heavy (non-hydrogen) atoms. The Labute approximate surface area is 148 Å². The average molecular weight is 350 g/mol. The summed E-state index contributed by atoms with van der Waals surface area (Å²) in [5.74, 6) is -0.698. The summed E-state index contributed by atoms with van der Waals surface area (Å²) in [6.07, 6.45) is -0.319. The SMILES string of the molecule is COc1ccc(N2CCN(C(=O)OC(C)(C)C)[C@@H](C)C2)cc1C(=O)O. The Morgan fingerprint density at radius 3 is 2.44 bits per heavy atom. The van der Waals surface area contributed by atoms with Crippen LogP contribution in [-0.4, -0.2) is 60.5 Å². The third-order valence-corrected chi connectivity index (χ3v) is 4.03. The number of ether oxygens (including phenoxy) is 2. The number of rotatable bonds is 3. The van der Waals surface area contributed by atoms with Crippen molar-refractivity contribution in [3.63, 3.8) is 0 Å². The van der Waals surface area contributed by atoms with E-state index in [0.717, 1.165) is 5.69 Å². The minimum atomic E-state index is -1.03. The zero-order chi connectivity index (χ0) is 18.8. The molecule has 1 N–H and O–H groups in total. The molecular weight excluding hydrogens is 324 g/mol. The zero-order valence-corrected chi connectivity index (χ0v) is 15.4. The van der Waals surface area contributed by atoms with Crippen molar-refractivity contribution in [2.24, 2.45) is 0 Å². The van der Waals surface area contributed by atoms with E-state index in [0.29, 0.717) is 25.4 Å². The van der Waals surface area contributed by atoms with Crippen LogP contribution in [0.3, 0.4) is 0 Å². The lowest BCUT2D eigenvalue weighted by molar-refractivity contribution is 0.0159. The highest BCUT2D eigenvalue weighted by molar-refractivity contribution is 5.92. The van der Waals surface area contributed by atoms with E-state index < -0.39 is 11.6 Å². The summed E-state index contributed by atoms with van der Waals surface area (Å²) in [5, 5.41) is 9.33. The van der Waals surface area contributed by atoms with Gasteiger partial charge in [0.25, 0.3) is 0 Å². The molecule has 0 aliphatic carbocycles. The van der Waals surface area contributed by atoms with Crippen molar-refractivity contribution in [3.05, 3.63) is 23.8 Å². The molecule has 1 aliphatic heterocycles. The fourth-order valence-electron chi connectivity index (χ4n) is 2.84. The summed E-state index contributed by atoms with van der Waals surface area (Å²) >= 11 is 0. The van der Waals surface area contributed by atoms with Crippen LogP contribution >= 0.6 is 0 Å². The number of methoxy groups -OCH3 is 1. The number of carboxylic acids is 1. The van der Waals surface area contributed by atoms with Gasteiger partial charge in [0.1, 0.15) is 16.9 Å². The number of nitrogens with zero attached hydrogens (tertiary/aromatic N) is 2. The molecular formula is C18H26N2O5. The van der Waals surface area contributed by atoms with E-state index in [1.807, 2.05) is 33.8 Å². The molecule has 0 spiro atoms. The molecule has 1 aromatic rings. The van der Waals surface area contributed by atoms with Crippen molar-refractivity contribution >= 4 is 17.7 Å². The molecule has 0 bridgehead atoms. The average Bonchev–Trinajstić information content (AvgIpc) is 2.52. The third-order valence-electron chi connectivity index (χ3n) is 4.03. The number of carbonyl (C=O) groups is 2. The lowest BCUT2D eigenvalue weighted by Gasteiger charge is -2.41.